The molecule has 26 heavy (non-hydrogen) atoms. The van der Waals surface area contributed by atoms with Crippen LogP contribution in [0, 0.1) is 13.8 Å². The quantitative estimate of drug-likeness (QED) is 0.383. The lowest BCUT2D eigenvalue weighted by Gasteiger charge is -2.08. The van der Waals surface area contributed by atoms with Crippen molar-refractivity contribution in [1.29, 1.82) is 0 Å². The number of H-pyrrole nitrogens is 2. The molecule has 0 aliphatic rings. The molecule has 0 spiro atoms. The van der Waals surface area contributed by atoms with Gasteiger partial charge in [-0.1, -0.05) is 31.2 Å². The molecule has 3 nitrogen and oxygen atoms in total. The van der Waals surface area contributed by atoms with Crippen molar-refractivity contribution in [2.75, 3.05) is 0 Å². The highest BCUT2D eigenvalue weighted by atomic mass is 16.1. The third kappa shape index (κ3) is 1.86. The molecule has 2 heterocycles. The number of rotatable bonds is 2. The largest absolute Gasteiger partial charge is 0.353 e. The molecule has 5 rings (SSSR count). The van der Waals surface area contributed by atoms with Crippen molar-refractivity contribution < 1.29 is 4.79 Å². The van der Waals surface area contributed by atoms with Gasteiger partial charge in [-0.2, -0.15) is 0 Å². The lowest BCUT2D eigenvalue weighted by molar-refractivity contribution is 0.112. The van der Waals surface area contributed by atoms with E-state index in [0.717, 1.165) is 56.7 Å². The van der Waals surface area contributed by atoms with E-state index in [9.17, 15) is 4.79 Å². The Morgan fingerprint density at radius 2 is 1.38 bits per heavy atom. The lowest BCUT2D eigenvalue weighted by atomic mass is 9.94. The Labute approximate surface area is 151 Å². The zero-order valence-electron chi connectivity index (χ0n) is 15.2. The number of carbonyl (C=O) groups is 1. The van der Waals surface area contributed by atoms with Crippen molar-refractivity contribution in [1.82, 2.24) is 9.97 Å². The van der Waals surface area contributed by atoms with E-state index in [0.29, 0.717) is 0 Å². The normalized spacial score (nSPS) is 12.0. The van der Waals surface area contributed by atoms with Gasteiger partial charge in [0.25, 0.3) is 0 Å². The van der Waals surface area contributed by atoms with Gasteiger partial charge in [-0.25, -0.2) is 0 Å². The fourth-order valence-corrected chi connectivity index (χ4v) is 4.37. The maximum absolute atomic E-state index is 12.1. The summed E-state index contributed by atoms with van der Waals surface area (Å²) in [7, 11) is 0. The zero-order chi connectivity index (χ0) is 18.0. The van der Waals surface area contributed by atoms with Crippen LogP contribution in [0.1, 0.15) is 34.0 Å². The van der Waals surface area contributed by atoms with Gasteiger partial charge < -0.3 is 9.97 Å². The van der Waals surface area contributed by atoms with Crippen LogP contribution < -0.4 is 0 Å². The van der Waals surface area contributed by atoms with Crippen LogP contribution in [0.2, 0.25) is 0 Å². The molecule has 0 saturated heterocycles. The summed E-state index contributed by atoms with van der Waals surface area (Å²) in [5, 5.41) is 4.49. The fourth-order valence-electron chi connectivity index (χ4n) is 4.37. The Morgan fingerprint density at radius 1 is 0.846 bits per heavy atom. The highest BCUT2D eigenvalue weighted by Gasteiger charge is 2.20. The summed E-state index contributed by atoms with van der Waals surface area (Å²) in [6.07, 6.45) is 1.85. The van der Waals surface area contributed by atoms with Crippen molar-refractivity contribution in [2.45, 2.75) is 27.2 Å². The molecular formula is C23H20N2O. The van der Waals surface area contributed by atoms with E-state index in [2.05, 4.69) is 67.1 Å². The number of fused-ring (bicyclic) bond motifs is 7. The number of nitrogens with one attached hydrogen (secondary N) is 2. The second-order valence-corrected chi connectivity index (χ2v) is 7.21. The highest BCUT2D eigenvalue weighted by Crippen LogP contribution is 2.40. The summed E-state index contributed by atoms with van der Waals surface area (Å²) < 4.78 is 0. The number of hydrogen-bond acceptors (Lipinski definition) is 1. The van der Waals surface area contributed by atoms with E-state index in [1.165, 1.54) is 21.9 Å². The summed E-state index contributed by atoms with van der Waals surface area (Å²) >= 11 is 0. The van der Waals surface area contributed by atoms with Crippen molar-refractivity contribution >= 4 is 49.9 Å². The van der Waals surface area contributed by atoms with Crippen molar-refractivity contribution in [2.24, 2.45) is 0 Å². The fraction of sp³-hybridized carbons (Fsp3) is 0.174. The molecule has 0 aliphatic heterocycles. The van der Waals surface area contributed by atoms with Gasteiger partial charge in [0.2, 0.25) is 0 Å². The monoisotopic (exact) mass is 340 g/mol. The molecule has 0 fully saturated rings. The topological polar surface area (TPSA) is 48.6 Å². The highest BCUT2D eigenvalue weighted by molar-refractivity contribution is 6.27. The first kappa shape index (κ1) is 15.2. The van der Waals surface area contributed by atoms with Crippen LogP contribution in [0.3, 0.4) is 0 Å². The van der Waals surface area contributed by atoms with E-state index in [1.54, 1.807) is 0 Å². The molecule has 3 heteroatoms. The Bertz CT molecular complexity index is 1350. The Kier molecular flexibility index (Phi) is 3.05. The van der Waals surface area contributed by atoms with E-state index < -0.39 is 0 Å². The first-order chi connectivity index (χ1) is 12.6. The van der Waals surface area contributed by atoms with Gasteiger partial charge in [0, 0.05) is 38.1 Å². The molecule has 3 aromatic carbocycles. The van der Waals surface area contributed by atoms with E-state index in [4.69, 9.17) is 0 Å². The predicted molar refractivity (Wildman–Crippen MR) is 109 cm³/mol. The maximum atomic E-state index is 12.1. The predicted octanol–water partition coefficient (Wildman–Crippen LogP) is 5.95. The number of benzene rings is 3. The summed E-state index contributed by atoms with van der Waals surface area (Å²) in [6.45, 7) is 6.31. The first-order valence-electron chi connectivity index (χ1n) is 9.06. The van der Waals surface area contributed by atoms with Crippen LogP contribution >= 0.6 is 0 Å². The molecule has 2 N–H and O–H groups in total. The van der Waals surface area contributed by atoms with E-state index in [-0.39, 0.29) is 0 Å². The van der Waals surface area contributed by atoms with Gasteiger partial charge in [-0.15, -0.1) is 0 Å². The van der Waals surface area contributed by atoms with E-state index in [1.807, 2.05) is 0 Å². The number of aldehydes is 1. The standard InChI is InChI=1S/C23H20N2O/c1-4-14-17(11-26)21-16-8-6-13(3)10-19(16)25-23(21)22-20(14)15-7-5-12(2)9-18(15)24-22/h5-11,24-25H,4H2,1-3H3. The molecule has 0 bridgehead atoms. The van der Waals surface area contributed by atoms with Gasteiger partial charge >= 0.3 is 0 Å². The third-order valence-corrected chi connectivity index (χ3v) is 5.53. The Balaban J connectivity index is 2.13. The van der Waals surface area contributed by atoms with Gasteiger partial charge in [0.1, 0.15) is 0 Å². The minimum absolute atomic E-state index is 0.812. The number of aromatic amines is 2. The minimum Gasteiger partial charge on any atom is -0.353 e. The molecule has 0 radical (unpaired) electrons. The number of aryl methyl sites for hydroxylation is 3. The first-order valence-corrected chi connectivity index (χ1v) is 9.06. The molecule has 0 unspecified atom stereocenters. The number of aromatic nitrogens is 2. The molecule has 0 atom stereocenters. The average Bonchev–Trinajstić information content (AvgIpc) is 3.17. The van der Waals surface area contributed by atoms with Crippen LogP contribution in [0.5, 0.6) is 0 Å². The molecule has 0 saturated carbocycles. The molecule has 5 aromatic rings. The van der Waals surface area contributed by atoms with Crippen LogP contribution in [0.25, 0.3) is 43.6 Å². The molecule has 0 aliphatic carbocycles. The zero-order valence-corrected chi connectivity index (χ0v) is 15.2. The van der Waals surface area contributed by atoms with Crippen molar-refractivity contribution in [3.8, 4) is 0 Å². The Hall–Kier alpha value is -3.07. The molecular weight excluding hydrogens is 320 g/mol. The Morgan fingerprint density at radius 3 is 1.92 bits per heavy atom. The second-order valence-electron chi connectivity index (χ2n) is 7.21. The van der Waals surface area contributed by atoms with Gasteiger partial charge in [0.05, 0.1) is 11.0 Å². The SMILES string of the molecule is CCc1c(C=O)c2c3ccc(C)cc3[nH]c2c2[nH]c3cc(C)ccc3c12. The molecule has 2 aromatic heterocycles. The number of carbonyl (C=O) groups excluding carboxylic acids is 1. The average molecular weight is 340 g/mol. The van der Waals surface area contributed by atoms with Crippen LogP contribution in [-0.2, 0) is 6.42 Å². The lowest BCUT2D eigenvalue weighted by Crippen LogP contribution is -1.94. The van der Waals surface area contributed by atoms with Crippen LogP contribution in [0.4, 0.5) is 0 Å². The van der Waals surface area contributed by atoms with Crippen LogP contribution in [-0.4, -0.2) is 16.3 Å². The summed E-state index contributed by atoms with van der Waals surface area (Å²) in [6, 6.07) is 12.8. The number of hydrogen-bond donors (Lipinski definition) is 2. The van der Waals surface area contributed by atoms with Crippen LogP contribution in [0.15, 0.2) is 36.4 Å². The van der Waals surface area contributed by atoms with Crippen molar-refractivity contribution in [3.63, 3.8) is 0 Å². The molecule has 128 valence electrons. The minimum atomic E-state index is 0.812. The smallest absolute Gasteiger partial charge is 0.151 e. The van der Waals surface area contributed by atoms with Gasteiger partial charge in [0.15, 0.2) is 6.29 Å². The van der Waals surface area contributed by atoms with E-state index >= 15 is 0 Å². The maximum Gasteiger partial charge on any atom is 0.151 e. The summed E-state index contributed by atoms with van der Waals surface area (Å²) in [5.74, 6) is 0. The molecule has 0 amide bonds. The van der Waals surface area contributed by atoms with Gasteiger partial charge in [-0.3, -0.25) is 4.79 Å². The van der Waals surface area contributed by atoms with Crippen molar-refractivity contribution in [3.05, 3.63) is 58.7 Å². The third-order valence-electron chi connectivity index (χ3n) is 5.53. The summed E-state index contributed by atoms with van der Waals surface area (Å²) in [5.41, 5.74) is 8.68. The van der Waals surface area contributed by atoms with Gasteiger partial charge in [-0.05, 0) is 49.1 Å². The second kappa shape index (κ2) is 5.21. The summed E-state index contributed by atoms with van der Waals surface area (Å²) in [4.78, 5) is 19.3.